The number of rotatable bonds is 7. The highest BCUT2D eigenvalue weighted by atomic mass is 16.5. The third-order valence-electron chi connectivity index (χ3n) is 5.18. The number of benzene rings is 1. The fraction of sp³-hybridized carbons (Fsp3) is 0.409. The molecule has 6 nitrogen and oxygen atoms in total. The Morgan fingerprint density at radius 3 is 2.75 bits per heavy atom. The van der Waals surface area contributed by atoms with Gasteiger partial charge in [-0.3, -0.25) is 9.59 Å². The summed E-state index contributed by atoms with van der Waals surface area (Å²) < 4.78 is 5.70. The van der Waals surface area contributed by atoms with Crippen molar-refractivity contribution in [2.45, 2.75) is 37.7 Å². The van der Waals surface area contributed by atoms with E-state index in [1.807, 2.05) is 42.5 Å². The molecule has 1 aliphatic carbocycles. The number of aromatic amines is 1. The number of ether oxygens (including phenoxy) is 1. The van der Waals surface area contributed by atoms with E-state index < -0.39 is 0 Å². The normalized spacial score (nSPS) is 19.2. The number of carbonyl (C=O) groups is 1. The third kappa shape index (κ3) is 4.57. The SMILES string of the molecule is O=C(c1cnc(C2CC2)[nH]c1=O)N(C/C=C/c1ccccc1)CC1CCCO1. The molecule has 1 saturated carbocycles. The summed E-state index contributed by atoms with van der Waals surface area (Å²) >= 11 is 0. The number of nitrogens with zero attached hydrogens (tertiary/aromatic N) is 2. The summed E-state index contributed by atoms with van der Waals surface area (Å²) in [6.07, 6.45) is 9.41. The molecule has 1 unspecified atom stereocenters. The largest absolute Gasteiger partial charge is 0.376 e. The third-order valence-corrected chi connectivity index (χ3v) is 5.18. The molecule has 2 aromatic rings. The molecule has 2 heterocycles. The van der Waals surface area contributed by atoms with Gasteiger partial charge < -0.3 is 14.6 Å². The van der Waals surface area contributed by atoms with Crippen LogP contribution in [0.25, 0.3) is 6.08 Å². The van der Waals surface area contributed by atoms with Crippen LogP contribution in [-0.4, -0.2) is 46.6 Å². The van der Waals surface area contributed by atoms with E-state index in [0.717, 1.165) is 37.9 Å². The Hall–Kier alpha value is -2.73. The molecule has 1 amide bonds. The summed E-state index contributed by atoms with van der Waals surface area (Å²) in [7, 11) is 0. The zero-order valence-electron chi connectivity index (χ0n) is 15.8. The van der Waals surface area contributed by atoms with E-state index >= 15 is 0 Å². The molecule has 1 N–H and O–H groups in total. The Bertz CT molecular complexity index is 897. The monoisotopic (exact) mass is 379 g/mol. The molecule has 1 atom stereocenters. The van der Waals surface area contributed by atoms with E-state index in [0.29, 0.717) is 24.8 Å². The fourth-order valence-corrected chi connectivity index (χ4v) is 3.45. The van der Waals surface area contributed by atoms with Crippen LogP contribution in [0.5, 0.6) is 0 Å². The zero-order valence-corrected chi connectivity index (χ0v) is 15.8. The molecule has 146 valence electrons. The Balaban J connectivity index is 1.50. The van der Waals surface area contributed by atoms with Gasteiger partial charge in [0.1, 0.15) is 11.4 Å². The van der Waals surface area contributed by atoms with Crippen LogP contribution in [0.3, 0.4) is 0 Å². The highest BCUT2D eigenvalue weighted by molar-refractivity contribution is 5.93. The highest BCUT2D eigenvalue weighted by Crippen LogP contribution is 2.37. The van der Waals surface area contributed by atoms with Gasteiger partial charge in [0.25, 0.3) is 11.5 Å². The molecule has 0 bridgehead atoms. The van der Waals surface area contributed by atoms with Gasteiger partial charge in [0.2, 0.25) is 0 Å². The molecule has 0 radical (unpaired) electrons. The maximum absolute atomic E-state index is 13.1. The molecule has 1 aliphatic heterocycles. The summed E-state index contributed by atoms with van der Waals surface area (Å²) in [5, 5.41) is 0. The number of carbonyl (C=O) groups excluding carboxylic acids is 1. The Morgan fingerprint density at radius 2 is 2.07 bits per heavy atom. The van der Waals surface area contributed by atoms with Crippen LogP contribution < -0.4 is 5.56 Å². The fourth-order valence-electron chi connectivity index (χ4n) is 3.45. The van der Waals surface area contributed by atoms with E-state index in [4.69, 9.17) is 4.74 Å². The molecule has 0 spiro atoms. The lowest BCUT2D eigenvalue weighted by atomic mass is 10.2. The van der Waals surface area contributed by atoms with Crippen LogP contribution in [0, 0.1) is 0 Å². The van der Waals surface area contributed by atoms with Gasteiger partial charge in [0.05, 0.1) is 6.10 Å². The number of hydrogen-bond donors (Lipinski definition) is 1. The summed E-state index contributed by atoms with van der Waals surface area (Å²) in [6, 6.07) is 9.93. The number of nitrogens with one attached hydrogen (secondary N) is 1. The maximum atomic E-state index is 13.1. The van der Waals surface area contributed by atoms with Crippen molar-refractivity contribution in [2.75, 3.05) is 19.7 Å². The highest BCUT2D eigenvalue weighted by Gasteiger charge is 2.28. The Morgan fingerprint density at radius 1 is 1.25 bits per heavy atom. The predicted octanol–water partition coefficient (Wildman–Crippen LogP) is 2.98. The topological polar surface area (TPSA) is 75.3 Å². The first kappa shape index (κ1) is 18.6. The lowest BCUT2D eigenvalue weighted by molar-refractivity contribution is 0.0552. The summed E-state index contributed by atoms with van der Waals surface area (Å²) in [5.74, 6) is 0.731. The summed E-state index contributed by atoms with van der Waals surface area (Å²) in [5.41, 5.74) is 0.808. The molecular formula is C22H25N3O3. The Kier molecular flexibility index (Phi) is 5.67. The van der Waals surface area contributed by atoms with E-state index in [1.165, 1.54) is 6.20 Å². The van der Waals surface area contributed by atoms with Gasteiger partial charge in [-0.05, 0) is 31.2 Å². The van der Waals surface area contributed by atoms with Crippen LogP contribution in [0.15, 0.2) is 47.4 Å². The molecule has 1 aromatic carbocycles. The van der Waals surface area contributed by atoms with Gasteiger partial charge in [-0.2, -0.15) is 0 Å². The minimum absolute atomic E-state index is 0.0202. The van der Waals surface area contributed by atoms with Gasteiger partial charge in [-0.25, -0.2) is 4.98 Å². The van der Waals surface area contributed by atoms with Crippen LogP contribution in [0.4, 0.5) is 0 Å². The molecule has 1 aromatic heterocycles. The van der Waals surface area contributed by atoms with Crippen molar-refractivity contribution in [3.63, 3.8) is 0 Å². The van der Waals surface area contributed by atoms with E-state index in [2.05, 4.69) is 9.97 Å². The Labute approximate surface area is 164 Å². The van der Waals surface area contributed by atoms with Gasteiger partial charge in [-0.15, -0.1) is 0 Å². The van der Waals surface area contributed by atoms with Crippen LogP contribution in [0.1, 0.15) is 53.3 Å². The second-order valence-electron chi connectivity index (χ2n) is 7.44. The molecule has 28 heavy (non-hydrogen) atoms. The number of amides is 1. The van der Waals surface area contributed by atoms with Crippen molar-refractivity contribution in [3.05, 3.63) is 69.9 Å². The quantitative estimate of drug-likeness (QED) is 0.802. The van der Waals surface area contributed by atoms with Crippen molar-refractivity contribution in [3.8, 4) is 0 Å². The first-order valence-electron chi connectivity index (χ1n) is 9.92. The van der Waals surface area contributed by atoms with E-state index in [-0.39, 0.29) is 23.1 Å². The number of H-pyrrole nitrogens is 1. The van der Waals surface area contributed by atoms with Gasteiger partial charge in [-0.1, -0.05) is 42.5 Å². The molecule has 2 fully saturated rings. The van der Waals surface area contributed by atoms with Gasteiger partial charge in [0.15, 0.2) is 0 Å². The lowest BCUT2D eigenvalue weighted by Crippen LogP contribution is -2.40. The first-order chi connectivity index (χ1) is 13.7. The average Bonchev–Trinajstić information content (AvgIpc) is 3.44. The molecule has 2 aliphatic rings. The minimum Gasteiger partial charge on any atom is -0.376 e. The molecule has 1 saturated heterocycles. The predicted molar refractivity (Wildman–Crippen MR) is 107 cm³/mol. The van der Waals surface area contributed by atoms with Crippen molar-refractivity contribution in [1.29, 1.82) is 0 Å². The van der Waals surface area contributed by atoms with Gasteiger partial charge >= 0.3 is 0 Å². The second kappa shape index (κ2) is 8.52. The van der Waals surface area contributed by atoms with Crippen molar-refractivity contribution in [2.24, 2.45) is 0 Å². The first-order valence-corrected chi connectivity index (χ1v) is 9.92. The van der Waals surface area contributed by atoms with Crippen LogP contribution >= 0.6 is 0 Å². The summed E-state index contributed by atoms with van der Waals surface area (Å²) in [4.78, 5) is 34.3. The van der Waals surface area contributed by atoms with E-state index in [1.54, 1.807) is 4.90 Å². The zero-order chi connectivity index (χ0) is 19.3. The van der Waals surface area contributed by atoms with E-state index in [9.17, 15) is 9.59 Å². The number of aromatic nitrogens is 2. The minimum atomic E-state index is -0.355. The molecule has 4 rings (SSSR count). The maximum Gasteiger partial charge on any atom is 0.263 e. The average molecular weight is 379 g/mol. The molecule has 6 heteroatoms. The van der Waals surface area contributed by atoms with Crippen molar-refractivity contribution >= 4 is 12.0 Å². The van der Waals surface area contributed by atoms with Crippen LogP contribution in [0.2, 0.25) is 0 Å². The lowest BCUT2D eigenvalue weighted by Gasteiger charge is -2.24. The smallest absolute Gasteiger partial charge is 0.263 e. The van der Waals surface area contributed by atoms with Crippen LogP contribution in [-0.2, 0) is 4.74 Å². The standard InChI is InChI=1S/C22H25N3O3/c26-21-19(14-23-20(24-21)17-10-11-17)22(27)25(15-18-9-5-13-28-18)12-4-8-16-6-2-1-3-7-16/h1-4,6-8,14,17-18H,5,9-13,15H2,(H,23,24,26)/b8-4+. The van der Waals surface area contributed by atoms with Crippen molar-refractivity contribution in [1.82, 2.24) is 14.9 Å². The van der Waals surface area contributed by atoms with Crippen molar-refractivity contribution < 1.29 is 9.53 Å². The molecular weight excluding hydrogens is 354 g/mol. The summed E-state index contributed by atoms with van der Waals surface area (Å²) in [6.45, 7) is 1.62. The van der Waals surface area contributed by atoms with Gasteiger partial charge in [0, 0.05) is 31.8 Å². The number of hydrogen-bond acceptors (Lipinski definition) is 4. The second-order valence-corrected chi connectivity index (χ2v) is 7.44.